The van der Waals surface area contributed by atoms with E-state index in [-0.39, 0.29) is 53.9 Å². The zero-order chi connectivity index (χ0) is 22.4. The number of likely N-dealkylation sites (tertiary alicyclic amines) is 1. The lowest BCUT2D eigenvalue weighted by molar-refractivity contribution is -0.136. The molecule has 1 aromatic carbocycles. The molecule has 2 fully saturated rings. The molecule has 3 atom stereocenters. The fraction of sp³-hybridized carbons (Fsp3) is 0.625. The molecule has 2 aliphatic rings. The van der Waals surface area contributed by atoms with Crippen molar-refractivity contribution in [2.45, 2.75) is 70.9 Å². The van der Waals surface area contributed by atoms with E-state index in [0.29, 0.717) is 19.5 Å². The van der Waals surface area contributed by atoms with Crippen molar-refractivity contribution in [2.75, 3.05) is 13.1 Å². The molecule has 0 radical (unpaired) electrons. The van der Waals surface area contributed by atoms with Gasteiger partial charge in [0.25, 0.3) is 0 Å². The van der Waals surface area contributed by atoms with Crippen molar-refractivity contribution in [3.63, 3.8) is 0 Å². The lowest BCUT2D eigenvalue weighted by atomic mass is 9.84. The largest absolute Gasteiger partial charge is 0.354 e. The van der Waals surface area contributed by atoms with Crippen molar-refractivity contribution in [1.29, 1.82) is 0 Å². The van der Waals surface area contributed by atoms with E-state index in [0.717, 1.165) is 37.7 Å². The molecule has 1 aliphatic carbocycles. The van der Waals surface area contributed by atoms with E-state index in [1.807, 2.05) is 13.8 Å². The van der Waals surface area contributed by atoms with E-state index in [1.54, 1.807) is 17.0 Å². The minimum atomic E-state index is -0.322. The highest BCUT2D eigenvalue weighted by molar-refractivity contribution is 5.83. The summed E-state index contributed by atoms with van der Waals surface area (Å²) in [5.41, 5.74) is 0.769. The van der Waals surface area contributed by atoms with Gasteiger partial charge in [-0.3, -0.25) is 14.4 Å². The molecular formula is C24H34FN3O3. The molecule has 3 unspecified atom stereocenters. The first-order valence-electron chi connectivity index (χ1n) is 11.4. The van der Waals surface area contributed by atoms with Crippen LogP contribution in [0.3, 0.4) is 0 Å². The molecule has 1 saturated carbocycles. The molecule has 170 valence electrons. The quantitative estimate of drug-likeness (QED) is 0.727. The predicted molar refractivity (Wildman–Crippen MR) is 117 cm³/mol. The van der Waals surface area contributed by atoms with Gasteiger partial charge in [0.1, 0.15) is 5.82 Å². The van der Waals surface area contributed by atoms with E-state index in [4.69, 9.17) is 0 Å². The van der Waals surface area contributed by atoms with E-state index in [2.05, 4.69) is 10.6 Å². The Bertz CT molecular complexity index is 781. The number of piperidine rings is 1. The number of amides is 3. The predicted octanol–water partition coefficient (Wildman–Crippen LogP) is 2.81. The molecule has 2 N–H and O–H groups in total. The van der Waals surface area contributed by atoms with Gasteiger partial charge in [0, 0.05) is 31.1 Å². The van der Waals surface area contributed by atoms with E-state index in [1.165, 1.54) is 12.1 Å². The summed E-state index contributed by atoms with van der Waals surface area (Å²) in [5.74, 6) is -0.583. The van der Waals surface area contributed by atoms with Crippen LogP contribution >= 0.6 is 0 Å². The molecule has 7 heteroatoms. The highest BCUT2D eigenvalue weighted by Gasteiger charge is 2.32. The molecule has 0 spiro atoms. The maximum absolute atomic E-state index is 13.1. The Balaban J connectivity index is 1.50. The normalized spacial score (nSPS) is 24.0. The summed E-state index contributed by atoms with van der Waals surface area (Å²) in [5, 5.41) is 6.12. The average Bonchev–Trinajstić information content (AvgIpc) is 2.75. The fourth-order valence-electron chi connectivity index (χ4n) is 4.59. The van der Waals surface area contributed by atoms with Crippen LogP contribution in [-0.2, 0) is 20.8 Å². The second-order valence-electron chi connectivity index (χ2n) is 9.21. The highest BCUT2D eigenvalue weighted by Crippen LogP contribution is 2.26. The Morgan fingerprint density at radius 2 is 1.74 bits per heavy atom. The number of carbonyl (C=O) groups is 3. The Morgan fingerprint density at radius 1 is 1.03 bits per heavy atom. The highest BCUT2D eigenvalue weighted by atomic mass is 19.1. The number of halogens is 1. The number of benzene rings is 1. The molecule has 3 amide bonds. The van der Waals surface area contributed by atoms with Crippen LogP contribution in [0.25, 0.3) is 0 Å². The number of nitrogens with zero attached hydrogens (tertiary/aromatic N) is 1. The molecule has 1 saturated heterocycles. The standard InChI is InChI=1S/C24H34FN3O3/c1-16(2)26-23(30)18-5-3-7-21(14-18)27-24(31)19-6-4-12-28(15-19)22(29)13-17-8-10-20(25)11-9-17/h8-11,16,18-19,21H,3-7,12-15H2,1-2H3,(H,26,30)(H,27,31). The molecule has 1 aliphatic heterocycles. The van der Waals surface area contributed by atoms with Crippen molar-refractivity contribution in [1.82, 2.24) is 15.5 Å². The second kappa shape index (κ2) is 10.7. The van der Waals surface area contributed by atoms with Crippen LogP contribution in [0, 0.1) is 17.7 Å². The van der Waals surface area contributed by atoms with Crippen LogP contribution in [0.4, 0.5) is 4.39 Å². The zero-order valence-electron chi connectivity index (χ0n) is 18.5. The summed E-state index contributed by atoms with van der Waals surface area (Å²) in [6.07, 6.45) is 5.10. The second-order valence-corrected chi connectivity index (χ2v) is 9.21. The summed E-state index contributed by atoms with van der Waals surface area (Å²) in [6, 6.07) is 6.08. The van der Waals surface area contributed by atoms with Crippen LogP contribution in [0.5, 0.6) is 0 Å². The Hall–Kier alpha value is -2.44. The molecule has 31 heavy (non-hydrogen) atoms. The Kier molecular flexibility index (Phi) is 8.04. The molecule has 1 heterocycles. The third-order valence-electron chi connectivity index (χ3n) is 6.24. The summed E-state index contributed by atoms with van der Waals surface area (Å²) < 4.78 is 13.1. The molecule has 0 bridgehead atoms. The summed E-state index contributed by atoms with van der Waals surface area (Å²) in [6.45, 7) is 4.96. The van der Waals surface area contributed by atoms with Crippen LogP contribution in [0.2, 0.25) is 0 Å². The van der Waals surface area contributed by atoms with Crippen molar-refractivity contribution >= 4 is 17.7 Å². The number of rotatable bonds is 6. The van der Waals surface area contributed by atoms with Crippen molar-refractivity contribution in [2.24, 2.45) is 11.8 Å². The number of hydrogen-bond donors (Lipinski definition) is 2. The van der Waals surface area contributed by atoms with Gasteiger partial charge in [-0.15, -0.1) is 0 Å². The van der Waals surface area contributed by atoms with Crippen LogP contribution < -0.4 is 10.6 Å². The lowest BCUT2D eigenvalue weighted by Gasteiger charge is -2.34. The van der Waals surface area contributed by atoms with E-state index >= 15 is 0 Å². The summed E-state index contributed by atoms with van der Waals surface area (Å²) in [4.78, 5) is 39.7. The Morgan fingerprint density at radius 3 is 2.45 bits per heavy atom. The monoisotopic (exact) mass is 431 g/mol. The minimum Gasteiger partial charge on any atom is -0.354 e. The lowest BCUT2D eigenvalue weighted by Crippen LogP contribution is -2.49. The van der Waals surface area contributed by atoms with Crippen LogP contribution in [0.1, 0.15) is 57.9 Å². The average molecular weight is 432 g/mol. The first-order chi connectivity index (χ1) is 14.8. The maximum Gasteiger partial charge on any atom is 0.227 e. The molecular weight excluding hydrogens is 397 g/mol. The van der Waals surface area contributed by atoms with Crippen LogP contribution in [0.15, 0.2) is 24.3 Å². The summed E-state index contributed by atoms with van der Waals surface area (Å²) >= 11 is 0. The first kappa shape index (κ1) is 23.2. The van der Waals surface area contributed by atoms with Crippen molar-refractivity contribution < 1.29 is 18.8 Å². The van der Waals surface area contributed by atoms with Gasteiger partial charge in [-0.2, -0.15) is 0 Å². The van der Waals surface area contributed by atoms with Gasteiger partial charge in [-0.05, 0) is 63.6 Å². The maximum atomic E-state index is 13.1. The van der Waals surface area contributed by atoms with Gasteiger partial charge in [0.15, 0.2) is 0 Å². The molecule has 0 aromatic heterocycles. The fourth-order valence-corrected chi connectivity index (χ4v) is 4.59. The molecule has 6 nitrogen and oxygen atoms in total. The first-order valence-corrected chi connectivity index (χ1v) is 11.4. The van der Waals surface area contributed by atoms with Gasteiger partial charge >= 0.3 is 0 Å². The van der Waals surface area contributed by atoms with Gasteiger partial charge in [0.05, 0.1) is 12.3 Å². The summed E-state index contributed by atoms with van der Waals surface area (Å²) in [7, 11) is 0. The SMILES string of the molecule is CC(C)NC(=O)C1CCCC(NC(=O)C2CCCN(C(=O)Cc3ccc(F)cc3)C2)C1. The van der Waals surface area contributed by atoms with E-state index in [9.17, 15) is 18.8 Å². The molecule has 1 aromatic rings. The number of nitrogens with one attached hydrogen (secondary N) is 2. The third kappa shape index (κ3) is 6.77. The topological polar surface area (TPSA) is 78.5 Å². The Labute approximate surface area is 183 Å². The zero-order valence-corrected chi connectivity index (χ0v) is 18.5. The van der Waals surface area contributed by atoms with Gasteiger partial charge in [0.2, 0.25) is 17.7 Å². The number of carbonyl (C=O) groups excluding carboxylic acids is 3. The number of hydrogen-bond acceptors (Lipinski definition) is 3. The van der Waals surface area contributed by atoms with Gasteiger partial charge in [-0.25, -0.2) is 4.39 Å². The molecule has 3 rings (SSSR count). The van der Waals surface area contributed by atoms with Crippen molar-refractivity contribution in [3.8, 4) is 0 Å². The van der Waals surface area contributed by atoms with Gasteiger partial charge < -0.3 is 15.5 Å². The van der Waals surface area contributed by atoms with Gasteiger partial charge in [-0.1, -0.05) is 18.6 Å². The smallest absolute Gasteiger partial charge is 0.227 e. The van der Waals surface area contributed by atoms with E-state index < -0.39 is 0 Å². The van der Waals surface area contributed by atoms with Crippen LogP contribution in [-0.4, -0.2) is 47.8 Å². The minimum absolute atomic E-state index is 0.00876. The van der Waals surface area contributed by atoms with Crippen molar-refractivity contribution in [3.05, 3.63) is 35.6 Å². The third-order valence-corrected chi connectivity index (χ3v) is 6.24.